The normalized spacial score (nSPS) is 13.7. The SMILES string of the molecule is Cc1c2c(cc3cc(CC(C)(C)C)ccc13)-c1nccc3c1c(cc1ccc(CC(C)(C)C(F)(F)F)cc13)O2. The molecular weight excluding hydrogens is 495 g/mol. The predicted molar refractivity (Wildman–Crippen MR) is 154 cm³/mol. The van der Waals surface area contributed by atoms with E-state index in [1.54, 1.807) is 12.3 Å². The Morgan fingerprint density at radius 2 is 1.46 bits per heavy atom. The maximum Gasteiger partial charge on any atom is 0.394 e. The van der Waals surface area contributed by atoms with Crippen LogP contribution >= 0.6 is 0 Å². The van der Waals surface area contributed by atoms with Gasteiger partial charge in [-0.3, -0.25) is 4.98 Å². The van der Waals surface area contributed by atoms with Crippen molar-refractivity contribution in [2.24, 2.45) is 10.8 Å². The molecule has 0 radical (unpaired) electrons. The number of nitrogens with zero attached hydrogens (tertiary/aromatic N) is 1. The van der Waals surface area contributed by atoms with Crippen LogP contribution < -0.4 is 4.74 Å². The summed E-state index contributed by atoms with van der Waals surface area (Å²) in [5.41, 5.74) is 3.17. The highest BCUT2D eigenvalue weighted by molar-refractivity contribution is 6.16. The number of aromatic nitrogens is 1. The Bertz CT molecular complexity index is 1790. The molecule has 200 valence electrons. The van der Waals surface area contributed by atoms with Crippen molar-refractivity contribution in [2.75, 3.05) is 0 Å². The van der Waals surface area contributed by atoms with E-state index in [0.717, 1.165) is 67.1 Å². The average molecular weight is 528 g/mol. The highest BCUT2D eigenvalue weighted by atomic mass is 19.4. The molecular formula is C34H32F3NO. The topological polar surface area (TPSA) is 22.1 Å². The largest absolute Gasteiger partial charge is 0.456 e. The van der Waals surface area contributed by atoms with Crippen molar-refractivity contribution in [3.63, 3.8) is 0 Å². The van der Waals surface area contributed by atoms with Crippen LogP contribution in [0.5, 0.6) is 11.5 Å². The van der Waals surface area contributed by atoms with E-state index in [4.69, 9.17) is 9.72 Å². The summed E-state index contributed by atoms with van der Waals surface area (Å²) in [6, 6.07) is 18.3. The molecule has 0 spiro atoms. The van der Waals surface area contributed by atoms with Crippen LogP contribution in [-0.4, -0.2) is 11.2 Å². The molecule has 2 heterocycles. The second-order valence-corrected chi connectivity index (χ2v) is 12.8. The van der Waals surface area contributed by atoms with Crippen molar-refractivity contribution in [3.8, 4) is 22.8 Å². The fraction of sp³-hybridized carbons (Fsp3) is 0.324. The monoisotopic (exact) mass is 527 g/mol. The molecule has 0 N–H and O–H groups in total. The lowest BCUT2D eigenvalue weighted by atomic mass is 9.84. The van der Waals surface area contributed by atoms with Crippen molar-refractivity contribution in [1.29, 1.82) is 0 Å². The quantitative estimate of drug-likeness (QED) is 0.214. The maximum absolute atomic E-state index is 13.6. The van der Waals surface area contributed by atoms with E-state index in [-0.39, 0.29) is 11.8 Å². The van der Waals surface area contributed by atoms with Crippen LogP contribution in [0.2, 0.25) is 0 Å². The number of ether oxygens (including phenoxy) is 1. The predicted octanol–water partition coefficient (Wildman–Crippen LogP) is 10.3. The molecule has 1 aromatic heterocycles. The minimum atomic E-state index is -4.28. The summed E-state index contributed by atoms with van der Waals surface area (Å²) in [5, 5.41) is 5.97. The highest BCUT2D eigenvalue weighted by Crippen LogP contribution is 2.51. The third-order valence-corrected chi connectivity index (χ3v) is 7.91. The zero-order chi connectivity index (χ0) is 27.9. The third-order valence-electron chi connectivity index (χ3n) is 7.91. The summed E-state index contributed by atoms with van der Waals surface area (Å²) in [6.45, 7) is 11.3. The van der Waals surface area contributed by atoms with Gasteiger partial charge in [-0.15, -0.1) is 0 Å². The summed E-state index contributed by atoms with van der Waals surface area (Å²) in [5.74, 6) is 1.53. The van der Waals surface area contributed by atoms with Crippen molar-refractivity contribution in [1.82, 2.24) is 4.98 Å². The second kappa shape index (κ2) is 8.45. The number of benzene rings is 4. The lowest BCUT2D eigenvalue weighted by molar-refractivity contribution is -0.211. The van der Waals surface area contributed by atoms with Gasteiger partial charge in [-0.2, -0.15) is 13.2 Å². The fourth-order valence-electron chi connectivity index (χ4n) is 5.88. The van der Waals surface area contributed by atoms with Crippen LogP contribution in [0.1, 0.15) is 51.3 Å². The molecule has 0 unspecified atom stereocenters. The highest BCUT2D eigenvalue weighted by Gasteiger charge is 2.47. The Balaban J connectivity index is 1.54. The van der Waals surface area contributed by atoms with Crippen LogP contribution in [0.4, 0.5) is 13.2 Å². The van der Waals surface area contributed by atoms with Crippen LogP contribution in [0, 0.1) is 17.8 Å². The van der Waals surface area contributed by atoms with Crippen molar-refractivity contribution >= 4 is 32.3 Å². The minimum absolute atomic E-state index is 0.0883. The number of aryl methyl sites for hydroxylation is 1. The van der Waals surface area contributed by atoms with Crippen LogP contribution in [0.15, 0.2) is 60.8 Å². The molecule has 5 heteroatoms. The van der Waals surface area contributed by atoms with Gasteiger partial charge < -0.3 is 4.74 Å². The number of fused-ring (bicyclic) bond motifs is 5. The van der Waals surface area contributed by atoms with Crippen LogP contribution in [0.3, 0.4) is 0 Å². The molecule has 0 saturated heterocycles. The van der Waals surface area contributed by atoms with E-state index in [0.29, 0.717) is 5.56 Å². The Hall–Kier alpha value is -3.60. The van der Waals surface area contributed by atoms with E-state index in [9.17, 15) is 13.2 Å². The van der Waals surface area contributed by atoms with Gasteiger partial charge in [-0.1, -0.05) is 71.0 Å². The van der Waals surface area contributed by atoms with Gasteiger partial charge in [0.25, 0.3) is 0 Å². The summed E-state index contributed by atoms with van der Waals surface area (Å²) in [6.07, 6.45) is -1.60. The Morgan fingerprint density at radius 1 is 0.744 bits per heavy atom. The van der Waals surface area contributed by atoms with Crippen molar-refractivity contribution in [2.45, 2.75) is 60.6 Å². The van der Waals surface area contributed by atoms with E-state index >= 15 is 0 Å². The molecule has 1 aliphatic rings. The van der Waals surface area contributed by atoms with Gasteiger partial charge in [-0.25, -0.2) is 0 Å². The molecule has 5 aromatic rings. The number of halogens is 3. The Morgan fingerprint density at radius 3 is 2.18 bits per heavy atom. The Labute approximate surface area is 226 Å². The van der Waals surface area contributed by atoms with Crippen molar-refractivity contribution in [3.05, 3.63) is 77.5 Å². The molecule has 1 aliphatic heterocycles. The maximum atomic E-state index is 13.6. The molecule has 0 atom stereocenters. The third kappa shape index (κ3) is 4.32. The van der Waals surface area contributed by atoms with Crippen LogP contribution in [-0.2, 0) is 12.8 Å². The zero-order valence-corrected chi connectivity index (χ0v) is 23.2. The van der Waals surface area contributed by atoms with E-state index in [1.165, 1.54) is 19.4 Å². The molecule has 6 rings (SSSR count). The molecule has 39 heavy (non-hydrogen) atoms. The van der Waals surface area contributed by atoms with Gasteiger partial charge in [0.2, 0.25) is 0 Å². The van der Waals surface area contributed by atoms with Crippen LogP contribution in [0.25, 0.3) is 43.6 Å². The van der Waals surface area contributed by atoms with E-state index < -0.39 is 11.6 Å². The first-order chi connectivity index (χ1) is 18.2. The van der Waals surface area contributed by atoms with Gasteiger partial charge in [0, 0.05) is 17.3 Å². The van der Waals surface area contributed by atoms with Gasteiger partial charge in [-0.05, 0) is 81.4 Å². The van der Waals surface area contributed by atoms with Gasteiger partial charge >= 0.3 is 6.18 Å². The summed E-state index contributed by atoms with van der Waals surface area (Å²) in [4.78, 5) is 4.80. The van der Waals surface area contributed by atoms with E-state index in [1.807, 2.05) is 24.3 Å². The smallest absolute Gasteiger partial charge is 0.394 e. The van der Waals surface area contributed by atoms with E-state index in [2.05, 4.69) is 52.0 Å². The molecule has 0 bridgehead atoms. The lowest BCUT2D eigenvalue weighted by Gasteiger charge is -2.28. The summed E-state index contributed by atoms with van der Waals surface area (Å²) < 4.78 is 47.4. The van der Waals surface area contributed by atoms with Gasteiger partial charge in [0.05, 0.1) is 16.5 Å². The standard InChI is InChI=1S/C34H32F3NO/c1-19-24-10-8-20(17-32(2,3)4)13-23(24)15-27-30-29-25(11-12-38-30)26-14-21(18-33(5,6)34(35,36)37)7-9-22(26)16-28(29)39-31(19)27/h7-16H,17-18H2,1-6H3. The fourth-order valence-corrected chi connectivity index (χ4v) is 5.88. The minimum Gasteiger partial charge on any atom is -0.456 e. The first-order valence-electron chi connectivity index (χ1n) is 13.4. The summed E-state index contributed by atoms with van der Waals surface area (Å²) >= 11 is 0. The second-order valence-electron chi connectivity index (χ2n) is 12.8. The number of hydrogen-bond donors (Lipinski definition) is 0. The number of pyridine rings is 1. The van der Waals surface area contributed by atoms with Gasteiger partial charge in [0.1, 0.15) is 11.5 Å². The Kier molecular flexibility index (Phi) is 5.56. The first kappa shape index (κ1) is 25.7. The molecule has 0 saturated carbocycles. The lowest BCUT2D eigenvalue weighted by Crippen LogP contribution is -2.34. The zero-order valence-electron chi connectivity index (χ0n) is 23.2. The van der Waals surface area contributed by atoms with Crippen molar-refractivity contribution < 1.29 is 17.9 Å². The average Bonchev–Trinajstić information content (AvgIpc) is 2.83. The molecule has 0 fully saturated rings. The van der Waals surface area contributed by atoms with Gasteiger partial charge in [0.15, 0.2) is 0 Å². The molecule has 4 aromatic carbocycles. The molecule has 0 aliphatic carbocycles. The molecule has 2 nitrogen and oxygen atoms in total. The number of alkyl halides is 3. The number of rotatable bonds is 3. The molecule has 0 amide bonds. The summed E-state index contributed by atoms with van der Waals surface area (Å²) in [7, 11) is 0. The first-order valence-corrected chi connectivity index (χ1v) is 13.4. The number of hydrogen-bond acceptors (Lipinski definition) is 2.